The van der Waals surface area contributed by atoms with Crippen molar-refractivity contribution in [1.29, 1.82) is 0 Å². The molecule has 0 atom stereocenters. The molecule has 6 N–H and O–H groups in total. The van der Waals surface area contributed by atoms with Crippen molar-refractivity contribution in [2.24, 2.45) is 11.5 Å². The average Bonchev–Trinajstić information content (AvgIpc) is 3.11. The topological polar surface area (TPSA) is 248 Å². The molecule has 16 heteroatoms. The number of rotatable bonds is 6. The SMILES string of the molecule is NCC(=O)Nc1sc2c(c1C(N)=O)CCCC2.O=[N+]([O-])c1cc([N+](=O)[O-])c(O)c([N+](=O)[O-])c1. The van der Waals surface area contributed by atoms with Gasteiger partial charge in [-0.15, -0.1) is 11.3 Å². The minimum absolute atomic E-state index is 0.0965. The van der Waals surface area contributed by atoms with Gasteiger partial charge in [-0.25, -0.2) is 0 Å². The Morgan fingerprint density at radius 2 is 1.58 bits per heavy atom. The Hall–Kier alpha value is -4.18. The van der Waals surface area contributed by atoms with Crippen LogP contribution >= 0.6 is 11.3 Å². The molecule has 0 saturated carbocycles. The van der Waals surface area contributed by atoms with Crippen molar-refractivity contribution >= 4 is 45.2 Å². The summed E-state index contributed by atoms with van der Waals surface area (Å²) in [7, 11) is 0. The Balaban J connectivity index is 0.000000234. The molecule has 33 heavy (non-hydrogen) atoms. The van der Waals surface area contributed by atoms with Crippen molar-refractivity contribution in [2.75, 3.05) is 11.9 Å². The summed E-state index contributed by atoms with van der Waals surface area (Å²) >= 11 is 1.45. The molecule has 1 aliphatic carbocycles. The number of hydrogen-bond donors (Lipinski definition) is 4. The van der Waals surface area contributed by atoms with Gasteiger partial charge in [0.15, 0.2) is 0 Å². The van der Waals surface area contributed by atoms with E-state index in [2.05, 4.69) is 5.32 Å². The van der Waals surface area contributed by atoms with Gasteiger partial charge >= 0.3 is 11.4 Å². The van der Waals surface area contributed by atoms with Gasteiger partial charge in [0, 0.05) is 4.88 Å². The first kappa shape index (κ1) is 25.1. The number of carbonyl (C=O) groups excluding carboxylic acids is 2. The Kier molecular flexibility index (Phi) is 7.92. The first-order valence-electron chi connectivity index (χ1n) is 9.22. The summed E-state index contributed by atoms with van der Waals surface area (Å²) in [4.78, 5) is 51.7. The van der Waals surface area contributed by atoms with Gasteiger partial charge < -0.3 is 21.9 Å². The number of nitro groups is 3. The van der Waals surface area contributed by atoms with E-state index in [1.54, 1.807) is 0 Å². The summed E-state index contributed by atoms with van der Waals surface area (Å²) in [6, 6.07) is 0.894. The van der Waals surface area contributed by atoms with E-state index in [4.69, 9.17) is 16.6 Å². The average molecular weight is 482 g/mol. The first-order valence-corrected chi connectivity index (χ1v) is 10.0. The second kappa shape index (κ2) is 10.4. The highest BCUT2D eigenvalue weighted by Gasteiger charge is 2.30. The predicted octanol–water partition coefficient (Wildman–Crippen LogP) is 1.74. The van der Waals surface area contributed by atoms with E-state index < -0.39 is 43.5 Å². The smallest absolute Gasteiger partial charge is 0.324 e. The number of benzene rings is 1. The number of thiophene rings is 1. The second-order valence-electron chi connectivity index (χ2n) is 6.64. The molecule has 0 bridgehead atoms. The molecule has 1 heterocycles. The van der Waals surface area contributed by atoms with E-state index in [0.29, 0.717) is 22.7 Å². The van der Waals surface area contributed by atoms with Crippen LogP contribution in [-0.2, 0) is 17.6 Å². The van der Waals surface area contributed by atoms with Crippen LogP contribution in [0.4, 0.5) is 22.1 Å². The number of hydrogen-bond acceptors (Lipinski definition) is 11. The largest absolute Gasteiger partial charge is 0.497 e. The van der Waals surface area contributed by atoms with Crippen molar-refractivity contribution in [1.82, 2.24) is 0 Å². The number of nitrogens with zero attached hydrogens (tertiary/aromatic N) is 3. The van der Waals surface area contributed by atoms with Gasteiger partial charge in [0.25, 0.3) is 17.3 Å². The van der Waals surface area contributed by atoms with Crippen LogP contribution in [0.2, 0.25) is 0 Å². The molecule has 2 aromatic rings. The molecule has 1 aliphatic rings. The maximum absolute atomic E-state index is 11.5. The van der Waals surface area contributed by atoms with E-state index in [1.165, 1.54) is 11.3 Å². The van der Waals surface area contributed by atoms with Gasteiger partial charge in [-0.05, 0) is 31.2 Å². The molecule has 0 fully saturated rings. The summed E-state index contributed by atoms with van der Waals surface area (Å²) in [6.07, 6.45) is 4.01. The number of nitro benzene ring substituents is 3. The number of aryl methyl sites for hydroxylation is 1. The maximum atomic E-state index is 11.5. The number of non-ortho nitro benzene ring substituents is 1. The van der Waals surface area contributed by atoms with Crippen LogP contribution < -0.4 is 16.8 Å². The van der Waals surface area contributed by atoms with Crippen LogP contribution in [0.3, 0.4) is 0 Å². The van der Waals surface area contributed by atoms with Gasteiger partial charge in [-0.3, -0.25) is 39.9 Å². The van der Waals surface area contributed by atoms with Crippen LogP contribution in [-0.4, -0.2) is 38.2 Å². The lowest BCUT2D eigenvalue weighted by Crippen LogP contribution is -2.23. The third-order valence-corrected chi connectivity index (χ3v) is 5.72. The van der Waals surface area contributed by atoms with E-state index in [1.807, 2.05) is 0 Å². The number of phenolic OH excluding ortho intramolecular Hbond substituents is 1. The van der Waals surface area contributed by atoms with E-state index in [9.17, 15) is 39.9 Å². The molecule has 176 valence electrons. The number of anilines is 1. The number of amides is 2. The number of primary amides is 1. The van der Waals surface area contributed by atoms with E-state index in [-0.39, 0.29) is 12.5 Å². The van der Waals surface area contributed by atoms with Crippen molar-refractivity contribution in [2.45, 2.75) is 25.7 Å². The lowest BCUT2D eigenvalue weighted by molar-refractivity contribution is -0.404. The fraction of sp³-hybridized carbons (Fsp3) is 0.294. The number of fused-ring (bicyclic) bond motifs is 1. The van der Waals surface area contributed by atoms with Crippen molar-refractivity contribution in [3.8, 4) is 5.75 Å². The molecule has 0 unspecified atom stereocenters. The fourth-order valence-corrected chi connectivity index (χ4v) is 4.38. The van der Waals surface area contributed by atoms with E-state index >= 15 is 0 Å². The molecular weight excluding hydrogens is 464 g/mol. The minimum atomic E-state index is -1.21. The Morgan fingerprint density at radius 3 is 2.03 bits per heavy atom. The van der Waals surface area contributed by atoms with Crippen molar-refractivity contribution in [3.63, 3.8) is 0 Å². The van der Waals surface area contributed by atoms with Crippen LogP contribution in [0, 0.1) is 30.3 Å². The second-order valence-corrected chi connectivity index (χ2v) is 7.74. The van der Waals surface area contributed by atoms with Crippen molar-refractivity contribution in [3.05, 3.63) is 58.5 Å². The molecule has 0 saturated heterocycles. The molecule has 0 radical (unpaired) electrons. The fourth-order valence-electron chi connectivity index (χ4n) is 3.07. The number of phenols is 1. The standard InChI is InChI=1S/C11H15N3O2S.C6H3N3O7/c12-5-8(15)14-11-9(10(13)16)6-3-1-2-4-7(6)17-11;10-6-4(8(13)14)1-3(7(11)12)2-5(6)9(15)16/h1-5,12H2,(H2,13,16)(H,14,15);1-2,10H. The Bertz CT molecular complexity index is 1110. The number of nitrogens with one attached hydrogen (secondary N) is 1. The summed E-state index contributed by atoms with van der Waals surface area (Å²) in [5.74, 6) is -1.98. The molecule has 0 aliphatic heterocycles. The summed E-state index contributed by atoms with van der Waals surface area (Å²) in [5, 5.41) is 43.4. The van der Waals surface area contributed by atoms with E-state index in [0.717, 1.165) is 36.1 Å². The zero-order valence-electron chi connectivity index (χ0n) is 16.8. The molecule has 2 amide bonds. The van der Waals surface area contributed by atoms with Gasteiger partial charge in [0.1, 0.15) is 5.00 Å². The van der Waals surface area contributed by atoms with Gasteiger partial charge in [0.05, 0.1) is 39.0 Å². The lowest BCUT2D eigenvalue weighted by atomic mass is 9.95. The Morgan fingerprint density at radius 1 is 1.03 bits per heavy atom. The Labute approximate surface area is 188 Å². The van der Waals surface area contributed by atoms with Crippen LogP contribution in [0.1, 0.15) is 33.6 Å². The molecule has 0 spiro atoms. The highest BCUT2D eigenvalue weighted by Crippen LogP contribution is 2.39. The lowest BCUT2D eigenvalue weighted by Gasteiger charge is -2.11. The third-order valence-electron chi connectivity index (χ3n) is 4.51. The van der Waals surface area contributed by atoms with Gasteiger partial charge in [0.2, 0.25) is 5.91 Å². The normalized spacial score (nSPS) is 12.0. The maximum Gasteiger partial charge on any atom is 0.324 e. The summed E-state index contributed by atoms with van der Waals surface area (Å²) < 4.78 is 0. The minimum Gasteiger partial charge on any atom is -0.497 e. The first-order chi connectivity index (χ1) is 15.5. The molecule has 15 nitrogen and oxygen atoms in total. The molecule has 1 aromatic heterocycles. The third kappa shape index (κ3) is 5.74. The van der Waals surface area contributed by atoms with Crippen LogP contribution in [0.5, 0.6) is 5.75 Å². The van der Waals surface area contributed by atoms with Crippen molar-refractivity contribution < 1.29 is 29.5 Å². The predicted molar refractivity (Wildman–Crippen MR) is 115 cm³/mol. The van der Waals surface area contributed by atoms with Gasteiger partial charge in [-0.2, -0.15) is 0 Å². The zero-order valence-corrected chi connectivity index (χ0v) is 17.6. The van der Waals surface area contributed by atoms with Gasteiger partial charge in [-0.1, -0.05) is 0 Å². The van der Waals surface area contributed by atoms with Crippen LogP contribution in [0.25, 0.3) is 0 Å². The number of carbonyl (C=O) groups is 2. The highest BCUT2D eigenvalue weighted by molar-refractivity contribution is 7.17. The number of aromatic hydroxyl groups is 1. The summed E-state index contributed by atoms with van der Waals surface area (Å²) in [5.41, 5.74) is 9.12. The summed E-state index contributed by atoms with van der Waals surface area (Å²) in [6.45, 7) is -0.0965. The highest BCUT2D eigenvalue weighted by atomic mass is 32.1. The molecular formula is C17H18N6O9S. The zero-order chi connectivity index (χ0) is 24.9. The monoisotopic (exact) mass is 482 g/mol. The van der Waals surface area contributed by atoms with Crippen LogP contribution in [0.15, 0.2) is 12.1 Å². The molecule has 3 rings (SSSR count). The molecule has 1 aromatic carbocycles. The quantitative estimate of drug-likeness (QED) is 0.343. The number of nitrogens with two attached hydrogens (primary N) is 2.